The van der Waals surface area contributed by atoms with Crippen LogP contribution in [-0.4, -0.2) is 9.55 Å². The van der Waals surface area contributed by atoms with E-state index in [9.17, 15) is 0 Å². The van der Waals surface area contributed by atoms with Crippen molar-refractivity contribution in [3.63, 3.8) is 0 Å². The molecular weight excluding hydrogens is 743 g/mol. The number of para-hydroxylation sites is 3. The summed E-state index contributed by atoms with van der Waals surface area (Å²) < 4.78 is 9.38. The van der Waals surface area contributed by atoms with Crippen LogP contribution < -0.4 is 4.90 Å². The first kappa shape index (κ1) is 34.8. The van der Waals surface area contributed by atoms with Crippen molar-refractivity contribution in [1.82, 2.24) is 9.55 Å². The summed E-state index contributed by atoms with van der Waals surface area (Å²) >= 11 is 0. The highest BCUT2D eigenvalue weighted by Gasteiger charge is 2.26. The summed E-state index contributed by atoms with van der Waals surface area (Å²) in [5.74, 6) is 0.586. The molecule has 0 aliphatic heterocycles. The second-order valence-corrected chi connectivity index (χ2v) is 15.5. The van der Waals surface area contributed by atoms with Crippen molar-refractivity contribution >= 4 is 71.5 Å². The molecule has 0 bridgehead atoms. The van der Waals surface area contributed by atoms with Crippen molar-refractivity contribution in [2.45, 2.75) is 0 Å². The maximum atomic E-state index is 6.95. The Morgan fingerprint density at radius 1 is 0.426 bits per heavy atom. The van der Waals surface area contributed by atoms with Gasteiger partial charge in [0.1, 0.15) is 5.52 Å². The van der Waals surface area contributed by atoms with Crippen LogP contribution in [0, 0.1) is 0 Å². The first-order chi connectivity index (χ1) is 30.3. The van der Waals surface area contributed by atoms with Crippen LogP contribution in [0.2, 0.25) is 0 Å². The number of hydrogen-bond acceptors (Lipinski definition) is 3. The zero-order chi connectivity index (χ0) is 40.3. The van der Waals surface area contributed by atoms with Gasteiger partial charge in [0.2, 0.25) is 5.89 Å². The molecule has 0 N–H and O–H groups in total. The van der Waals surface area contributed by atoms with E-state index in [1.807, 2.05) is 0 Å². The Morgan fingerprint density at radius 3 is 1.92 bits per heavy atom. The van der Waals surface area contributed by atoms with Crippen molar-refractivity contribution in [3.05, 3.63) is 224 Å². The fraction of sp³-hybridized carbons (Fsp3) is 0. The zero-order valence-electron chi connectivity index (χ0n) is 33.1. The number of hydrogen-bond donors (Lipinski definition) is 0. The quantitative estimate of drug-likeness (QED) is 0.162. The molecule has 2 heterocycles. The Hall–Kier alpha value is -8.21. The summed E-state index contributed by atoms with van der Waals surface area (Å²) in [6.45, 7) is 0. The molecule has 0 radical (unpaired) electrons. The highest BCUT2D eigenvalue weighted by atomic mass is 16.3. The Bertz CT molecular complexity index is 3600. The third kappa shape index (κ3) is 5.80. The van der Waals surface area contributed by atoms with Crippen LogP contribution in [0.3, 0.4) is 0 Å². The molecule has 4 heteroatoms. The van der Waals surface area contributed by atoms with Gasteiger partial charge in [-0.25, -0.2) is 4.98 Å². The van der Waals surface area contributed by atoms with Gasteiger partial charge < -0.3 is 13.9 Å². The maximum absolute atomic E-state index is 6.95. The van der Waals surface area contributed by atoms with Crippen molar-refractivity contribution in [3.8, 4) is 39.4 Å². The Kier molecular flexibility index (Phi) is 8.13. The Morgan fingerprint density at radius 2 is 1.08 bits per heavy atom. The number of oxazole rings is 1. The minimum Gasteiger partial charge on any atom is -0.434 e. The lowest BCUT2D eigenvalue weighted by molar-refractivity contribution is 0.620. The number of anilines is 3. The van der Waals surface area contributed by atoms with E-state index in [2.05, 4.69) is 234 Å². The first-order valence-electron chi connectivity index (χ1n) is 20.7. The fourth-order valence-corrected chi connectivity index (χ4v) is 9.22. The summed E-state index contributed by atoms with van der Waals surface area (Å²) in [6, 6.07) is 79.9. The average molecular weight is 780 g/mol. The van der Waals surface area contributed by atoms with Crippen molar-refractivity contribution < 1.29 is 4.42 Å². The summed E-state index contributed by atoms with van der Waals surface area (Å²) in [5, 5.41) is 6.97. The highest BCUT2D eigenvalue weighted by molar-refractivity contribution is 6.25. The van der Waals surface area contributed by atoms with Gasteiger partial charge in [0.25, 0.3) is 0 Å². The number of aromatic nitrogens is 2. The van der Waals surface area contributed by atoms with E-state index in [0.717, 1.165) is 72.1 Å². The van der Waals surface area contributed by atoms with Crippen molar-refractivity contribution in [1.29, 1.82) is 0 Å². The fourth-order valence-electron chi connectivity index (χ4n) is 9.22. The summed E-state index contributed by atoms with van der Waals surface area (Å²) in [5.41, 5.74) is 13.4. The topological polar surface area (TPSA) is 34.2 Å². The molecule has 0 spiro atoms. The monoisotopic (exact) mass is 779 g/mol. The Balaban J connectivity index is 1.17. The lowest BCUT2D eigenvalue weighted by atomic mass is 9.94. The average Bonchev–Trinajstić information content (AvgIpc) is 3.93. The van der Waals surface area contributed by atoms with E-state index in [1.54, 1.807) is 0 Å². The lowest BCUT2D eigenvalue weighted by Crippen LogP contribution is -2.11. The third-order valence-electron chi connectivity index (χ3n) is 12.0. The van der Waals surface area contributed by atoms with E-state index in [1.165, 1.54) is 27.3 Å². The van der Waals surface area contributed by atoms with Crippen LogP contribution in [0.5, 0.6) is 0 Å². The van der Waals surface area contributed by atoms with Crippen LogP contribution >= 0.6 is 0 Å². The van der Waals surface area contributed by atoms with E-state index in [-0.39, 0.29) is 0 Å². The number of fused-ring (bicyclic) bond motifs is 7. The summed E-state index contributed by atoms with van der Waals surface area (Å²) in [4.78, 5) is 7.53. The zero-order valence-corrected chi connectivity index (χ0v) is 33.1. The summed E-state index contributed by atoms with van der Waals surface area (Å²) in [7, 11) is 0. The van der Waals surface area contributed by atoms with Gasteiger partial charge in [-0.1, -0.05) is 164 Å². The standard InChI is InChI=1S/C57H37N3O/c1-3-18-39(19-4-1)46-26-11-12-27-47(46)41-22-15-25-45(36-41)59(52-32-16-30-50-56(52)61-57(58-50)43-34-33-38-17-7-8-20-40(38)35-43)53-37-42-21-9-10-28-48(42)55-54(53)49-29-13-14-31-51(49)60(55)44-23-5-2-6-24-44/h1-37H. The van der Waals surface area contributed by atoms with E-state index in [4.69, 9.17) is 9.40 Å². The predicted octanol–water partition coefficient (Wildman–Crippen LogP) is 15.7. The van der Waals surface area contributed by atoms with Gasteiger partial charge in [-0.2, -0.15) is 0 Å². The molecule has 0 amide bonds. The largest absolute Gasteiger partial charge is 0.434 e. The van der Waals surface area contributed by atoms with Crippen LogP contribution in [0.1, 0.15) is 0 Å². The molecular formula is C57H37N3O. The smallest absolute Gasteiger partial charge is 0.227 e. The lowest BCUT2D eigenvalue weighted by Gasteiger charge is -2.27. The molecule has 10 aromatic carbocycles. The van der Waals surface area contributed by atoms with E-state index >= 15 is 0 Å². The van der Waals surface area contributed by atoms with Gasteiger partial charge in [0.05, 0.1) is 22.4 Å². The molecule has 0 atom stereocenters. The van der Waals surface area contributed by atoms with Gasteiger partial charge in [-0.05, 0) is 99.1 Å². The molecule has 2 aromatic heterocycles. The molecule has 0 saturated heterocycles. The second kappa shape index (κ2) is 14.3. The maximum Gasteiger partial charge on any atom is 0.227 e. The molecule has 12 rings (SSSR count). The predicted molar refractivity (Wildman–Crippen MR) is 254 cm³/mol. The second-order valence-electron chi connectivity index (χ2n) is 15.5. The molecule has 286 valence electrons. The SMILES string of the molecule is c1ccc(-c2ccccc2-c2cccc(N(c3cccc4nc(-c5ccc6ccccc6c5)oc34)c3cc4ccccc4c4c3c3ccccc3n4-c3ccccc3)c2)cc1. The van der Waals surface area contributed by atoms with Gasteiger partial charge in [-0.3, -0.25) is 0 Å². The van der Waals surface area contributed by atoms with E-state index < -0.39 is 0 Å². The number of nitrogens with zero attached hydrogens (tertiary/aromatic N) is 3. The van der Waals surface area contributed by atoms with Gasteiger partial charge >= 0.3 is 0 Å². The van der Waals surface area contributed by atoms with Gasteiger partial charge in [-0.15, -0.1) is 0 Å². The third-order valence-corrected chi connectivity index (χ3v) is 12.0. The highest BCUT2D eigenvalue weighted by Crippen LogP contribution is 2.49. The molecule has 12 aromatic rings. The first-order valence-corrected chi connectivity index (χ1v) is 20.7. The Labute approximate surface area is 352 Å². The summed E-state index contributed by atoms with van der Waals surface area (Å²) in [6.07, 6.45) is 0. The molecule has 0 aliphatic rings. The van der Waals surface area contributed by atoms with Crippen LogP contribution in [0.4, 0.5) is 17.1 Å². The molecule has 0 saturated carbocycles. The van der Waals surface area contributed by atoms with Crippen LogP contribution in [-0.2, 0) is 0 Å². The number of rotatable bonds is 7. The minimum absolute atomic E-state index is 0.586. The van der Waals surface area contributed by atoms with Crippen LogP contribution in [0.15, 0.2) is 229 Å². The van der Waals surface area contributed by atoms with E-state index in [0.29, 0.717) is 11.5 Å². The van der Waals surface area contributed by atoms with Gasteiger partial charge in [0, 0.05) is 33.1 Å². The molecule has 0 fully saturated rings. The van der Waals surface area contributed by atoms with Gasteiger partial charge in [0.15, 0.2) is 5.58 Å². The normalized spacial score (nSPS) is 11.6. The van der Waals surface area contributed by atoms with Crippen molar-refractivity contribution in [2.24, 2.45) is 0 Å². The minimum atomic E-state index is 0.586. The molecule has 0 aliphatic carbocycles. The number of benzene rings is 10. The van der Waals surface area contributed by atoms with Crippen molar-refractivity contribution in [2.75, 3.05) is 4.90 Å². The molecule has 0 unspecified atom stereocenters. The van der Waals surface area contributed by atoms with Crippen LogP contribution in [0.25, 0.3) is 93.8 Å². The molecule has 61 heavy (non-hydrogen) atoms. The molecule has 4 nitrogen and oxygen atoms in total.